The number of alkyl halides is 3. The second kappa shape index (κ2) is 8.16. The molecular weight excluding hydrogens is 439 g/mol. The van der Waals surface area contributed by atoms with E-state index in [1.54, 1.807) is 39.0 Å². The van der Waals surface area contributed by atoms with Crippen molar-refractivity contribution in [2.75, 3.05) is 13.1 Å². The Morgan fingerprint density at radius 2 is 1.84 bits per heavy atom. The number of carbonyl (C=O) groups excluding carboxylic acids is 1. The minimum Gasteiger partial charge on any atom is -0.487 e. The fraction of sp³-hybridized carbons (Fsp3) is 0.650. The van der Waals surface area contributed by atoms with Crippen LogP contribution >= 0.6 is 0 Å². The van der Waals surface area contributed by atoms with Crippen LogP contribution in [0.2, 0.25) is 0 Å². The van der Waals surface area contributed by atoms with Crippen LogP contribution in [0.1, 0.15) is 58.1 Å². The van der Waals surface area contributed by atoms with Gasteiger partial charge >= 0.3 is 21.7 Å². The molecule has 31 heavy (non-hydrogen) atoms. The normalized spacial score (nSPS) is 24.8. The van der Waals surface area contributed by atoms with Crippen molar-refractivity contribution in [3.05, 3.63) is 29.8 Å². The van der Waals surface area contributed by atoms with Crippen LogP contribution in [-0.4, -0.2) is 49.2 Å². The SMILES string of the molecule is CC(C)(C)OC(=O)N1CCCC2(CC1)CC(OS(=O)(=O)C(F)(F)F)c1ccccc1O2. The van der Waals surface area contributed by atoms with E-state index < -0.39 is 39.0 Å². The van der Waals surface area contributed by atoms with E-state index in [1.807, 2.05) is 0 Å². The highest BCUT2D eigenvalue weighted by atomic mass is 32.2. The summed E-state index contributed by atoms with van der Waals surface area (Å²) in [5, 5.41) is 0. The summed E-state index contributed by atoms with van der Waals surface area (Å²) in [7, 11) is -5.79. The third-order valence-corrected chi connectivity index (χ3v) is 6.28. The number of likely N-dealkylation sites (tertiary alicyclic amines) is 1. The Hall–Kier alpha value is -2.01. The number of hydrogen-bond acceptors (Lipinski definition) is 6. The van der Waals surface area contributed by atoms with Gasteiger partial charge in [0.1, 0.15) is 23.1 Å². The summed E-state index contributed by atoms with van der Waals surface area (Å²) in [5.74, 6) is 0.279. The van der Waals surface area contributed by atoms with Crippen LogP contribution in [0.15, 0.2) is 24.3 Å². The molecule has 1 spiro atoms. The fourth-order valence-electron chi connectivity index (χ4n) is 3.84. The van der Waals surface area contributed by atoms with Crippen molar-refractivity contribution in [2.45, 2.75) is 69.3 Å². The number of halogens is 3. The van der Waals surface area contributed by atoms with E-state index in [4.69, 9.17) is 9.47 Å². The van der Waals surface area contributed by atoms with E-state index in [1.165, 1.54) is 11.0 Å². The van der Waals surface area contributed by atoms with Crippen LogP contribution in [0.5, 0.6) is 5.75 Å². The first-order chi connectivity index (χ1) is 14.2. The van der Waals surface area contributed by atoms with Gasteiger partial charge in [-0.25, -0.2) is 4.79 Å². The maximum absolute atomic E-state index is 12.9. The maximum Gasteiger partial charge on any atom is 0.523 e. The molecule has 0 N–H and O–H groups in total. The molecule has 2 atom stereocenters. The molecule has 1 aromatic carbocycles. The van der Waals surface area contributed by atoms with Crippen molar-refractivity contribution in [1.29, 1.82) is 0 Å². The number of nitrogens with zero attached hydrogens (tertiary/aromatic N) is 1. The van der Waals surface area contributed by atoms with Crippen molar-refractivity contribution < 1.29 is 40.0 Å². The molecule has 174 valence electrons. The maximum atomic E-state index is 12.9. The molecule has 2 heterocycles. The topological polar surface area (TPSA) is 82.1 Å². The molecule has 1 fully saturated rings. The van der Waals surface area contributed by atoms with Gasteiger partial charge in [0.25, 0.3) is 0 Å². The van der Waals surface area contributed by atoms with Crippen molar-refractivity contribution in [3.8, 4) is 5.75 Å². The quantitative estimate of drug-likeness (QED) is 0.471. The molecule has 1 saturated heterocycles. The monoisotopic (exact) mass is 465 g/mol. The van der Waals surface area contributed by atoms with Gasteiger partial charge in [0.05, 0.1) is 0 Å². The molecule has 0 saturated carbocycles. The minimum absolute atomic E-state index is 0.0819. The van der Waals surface area contributed by atoms with Gasteiger partial charge in [-0.05, 0) is 39.7 Å². The van der Waals surface area contributed by atoms with E-state index in [9.17, 15) is 26.4 Å². The lowest BCUT2D eigenvalue weighted by Gasteiger charge is -2.41. The first-order valence-electron chi connectivity index (χ1n) is 9.97. The Balaban J connectivity index is 1.83. The van der Waals surface area contributed by atoms with E-state index in [2.05, 4.69) is 4.18 Å². The van der Waals surface area contributed by atoms with Crippen molar-refractivity contribution in [3.63, 3.8) is 0 Å². The number of fused-ring (bicyclic) bond motifs is 1. The molecule has 2 aliphatic rings. The molecule has 0 aliphatic carbocycles. The number of para-hydroxylation sites is 1. The third-order valence-electron chi connectivity index (χ3n) is 5.23. The van der Waals surface area contributed by atoms with E-state index >= 15 is 0 Å². The number of hydrogen-bond donors (Lipinski definition) is 0. The van der Waals surface area contributed by atoms with Gasteiger partial charge in [0, 0.05) is 31.5 Å². The first-order valence-corrected chi connectivity index (χ1v) is 11.4. The summed E-state index contributed by atoms with van der Waals surface area (Å²) in [5.41, 5.74) is -6.90. The molecule has 7 nitrogen and oxygen atoms in total. The lowest BCUT2D eigenvalue weighted by Crippen LogP contribution is -2.44. The predicted molar refractivity (Wildman–Crippen MR) is 105 cm³/mol. The third kappa shape index (κ3) is 5.43. The van der Waals surface area contributed by atoms with Gasteiger partial charge < -0.3 is 14.4 Å². The van der Waals surface area contributed by atoms with Crippen LogP contribution in [0, 0.1) is 0 Å². The lowest BCUT2D eigenvalue weighted by molar-refractivity contribution is -0.0659. The van der Waals surface area contributed by atoms with Gasteiger partial charge in [-0.15, -0.1) is 0 Å². The van der Waals surface area contributed by atoms with Gasteiger partial charge in [0.15, 0.2) is 0 Å². The number of amides is 1. The summed E-state index contributed by atoms with van der Waals surface area (Å²) < 4.78 is 78.4. The van der Waals surface area contributed by atoms with E-state index in [-0.39, 0.29) is 24.3 Å². The predicted octanol–water partition coefficient (Wildman–Crippen LogP) is 4.54. The highest BCUT2D eigenvalue weighted by Crippen LogP contribution is 2.47. The average molecular weight is 465 g/mol. The molecule has 0 aromatic heterocycles. The van der Waals surface area contributed by atoms with Gasteiger partial charge in [-0.3, -0.25) is 4.18 Å². The second-order valence-corrected chi connectivity index (χ2v) is 10.4. The molecule has 1 aromatic rings. The Bertz CT molecular complexity index is 928. The Kier molecular flexibility index (Phi) is 6.22. The molecule has 1 amide bonds. The van der Waals surface area contributed by atoms with Crippen LogP contribution in [0.4, 0.5) is 18.0 Å². The van der Waals surface area contributed by atoms with Gasteiger partial charge in [-0.1, -0.05) is 18.2 Å². The molecule has 0 radical (unpaired) electrons. The highest BCUT2D eigenvalue weighted by Gasteiger charge is 2.51. The Labute approximate surface area is 179 Å². The first kappa shape index (κ1) is 23.6. The van der Waals surface area contributed by atoms with Crippen LogP contribution < -0.4 is 4.74 Å². The smallest absolute Gasteiger partial charge is 0.487 e. The molecule has 2 unspecified atom stereocenters. The summed E-state index contributed by atoms with van der Waals surface area (Å²) >= 11 is 0. The lowest BCUT2D eigenvalue weighted by atomic mass is 9.83. The number of carbonyl (C=O) groups is 1. The van der Waals surface area contributed by atoms with Crippen molar-refractivity contribution >= 4 is 16.2 Å². The van der Waals surface area contributed by atoms with Crippen molar-refractivity contribution in [2.24, 2.45) is 0 Å². The zero-order chi connectivity index (χ0) is 23.1. The Morgan fingerprint density at radius 1 is 1.16 bits per heavy atom. The molecule has 2 aliphatic heterocycles. The summed E-state index contributed by atoms with van der Waals surface area (Å²) in [6.45, 7) is 5.93. The number of ether oxygens (including phenoxy) is 2. The minimum atomic E-state index is -5.79. The summed E-state index contributed by atoms with van der Waals surface area (Å²) in [6.07, 6.45) is -0.668. The zero-order valence-corrected chi connectivity index (χ0v) is 18.4. The molecule has 3 rings (SSSR count). The van der Waals surface area contributed by atoms with Crippen LogP contribution in [0.3, 0.4) is 0 Å². The van der Waals surface area contributed by atoms with Crippen LogP contribution in [0.25, 0.3) is 0 Å². The van der Waals surface area contributed by atoms with E-state index in [0.717, 1.165) is 0 Å². The fourth-order valence-corrected chi connectivity index (χ4v) is 4.43. The summed E-state index contributed by atoms with van der Waals surface area (Å²) in [6, 6.07) is 6.29. The van der Waals surface area contributed by atoms with E-state index in [0.29, 0.717) is 25.8 Å². The standard InChI is InChI=1S/C20H26F3NO6S/c1-18(2,3)29-17(25)24-11-6-9-19(10-12-24)13-16(30-31(26,27)20(21,22)23)14-7-4-5-8-15(14)28-19/h4-5,7-8,16H,6,9-13H2,1-3H3. The van der Waals surface area contributed by atoms with Crippen molar-refractivity contribution in [1.82, 2.24) is 4.90 Å². The van der Waals surface area contributed by atoms with Gasteiger partial charge in [-0.2, -0.15) is 21.6 Å². The second-order valence-electron chi connectivity index (χ2n) is 8.83. The van der Waals surface area contributed by atoms with Gasteiger partial charge in [0.2, 0.25) is 0 Å². The zero-order valence-electron chi connectivity index (χ0n) is 17.6. The number of rotatable bonds is 2. The van der Waals surface area contributed by atoms with Crippen LogP contribution in [-0.2, 0) is 19.0 Å². The molecule has 0 bridgehead atoms. The molecule has 11 heteroatoms. The molecular formula is C20H26F3NO6S. The average Bonchev–Trinajstić information content (AvgIpc) is 2.81. The highest BCUT2D eigenvalue weighted by molar-refractivity contribution is 7.87. The Morgan fingerprint density at radius 3 is 2.48 bits per heavy atom. The largest absolute Gasteiger partial charge is 0.523 e. The summed E-state index contributed by atoms with van der Waals surface area (Å²) in [4.78, 5) is 14.0. The number of benzene rings is 1.